The maximum Gasteiger partial charge on any atom is 0.268 e. The van der Waals surface area contributed by atoms with Crippen molar-refractivity contribution in [2.75, 3.05) is 40.9 Å². The van der Waals surface area contributed by atoms with Gasteiger partial charge in [0.25, 0.3) is 7.82 Å². The number of aliphatic hydroxyl groups excluding tert-OH is 1. The SMILES string of the molecule is CC/C=C\C/C=C\C/C=C\C/C=C\C/C=C\C/C=C\C/C=C\C/C=C\C/C=C\C/C=C\C/C=C\C/C=C\CCCCCCC(=O)NC(COP(=O)([O-])OCC[N+](C)(C)C)C(O)/C=C/CCCCCCCCCCCCCCCCCCC. The van der Waals surface area contributed by atoms with Crippen molar-refractivity contribution >= 4 is 13.7 Å². The van der Waals surface area contributed by atoms with Crippen LogP contribution in [0.25, 0.3) is 0 Å². The number of carbonyl (C=O) groups is 1. The Hall–Kier alpha value is -3.88. The lowest BCUT2D eigenvalue weighted by atomic mass is 10.0. The van der Waals surface area contributed by atoms with Crippen LogP contribution in [0, 0.1) is 0 Å². The molecule has 8 nitrogen and oxygen atoms in total. The van der Waals surface area contributed by atoms with E-state index < -0.39 is 26.6 Å². The van der Waals surface area contributed by atoms with Crippen LogP contribution in [0.5, 0.6) is 0 Å². The Morgan fingerprint density at radius 1 is 0.439 bits per heavy atom. The Morgan fingerprint density at radius 3 is 1.09 bits per heavy atom. The van der Waals surface area contributed by atoms with Crippen molar-refractivity contribution in [2.45, 2.75) is 257 Å². The summed E-state index contributed by atoms with van der Waals surface area (Å²) in [7, 11) is 1.22. The van der Waals surface area contributed by atoms with Gasteiger partial charge in [0.2, 0.25) is 5.91 Å². The Morgan fingerprint density at radius 2 is 0.744 bits per heavy atom. The average molecular weight is 1160 g/mol. The van der Waals surface area contributed by atoms with Crippen molar-refractivity contribution < 1.29 is 32.9 Å². The van der Waals surface area contributed by atoms with E-state index in [-0.39, 0.29) is 12.5 Å². The second kappa shape index (κ2) is 61.7. The van der Waals surface area contributed by atoms with E-state index in [0.29, 0.717) is 17.4 Å². The molecular weight excluding hydrogens is 1030 g/mol. The van der Waals surface area contributed by atoms with E-state index in [1.807, 2.05) is 27.2 Å². The van der Waals surface area contributed by atoms with Gasteiger partial charge in [-0.15, -0.1) is 0 Å². The van der Waals surface area contributed by atoms with Gasteiger partial charge >= 0.3 is 0 Å². The topological polar surface area (TPSA) is 108 Å². The molecule has 0 aromatic heterocycles. The van der Waals surface area contributed by atoms with Crippen molar-refractivity contribution in [2.24, 2.45) is 0 Å². The average Bonchev–Trinajstić information content (AvgIpc) is 3.47. The number of carbonyl (C=O) groups excluding carboxylic acids is 1. The molecule has 0 aromatic carbocycles. The normalized spacial score (nSPS) is 14.8. The number of rotatable bonds is 58. The minimum atomic E-state index is -4.62. The first kappa shape index (κ1) is 78.1. The molecule has 1 amide bonds. The van der Waals surface area contributed by atoms with Crippen LogP contribution < -0.4 is 10.2 Å². The lowest BCUT2D eigenvalue weighted by Crippen LogP contribution is -2.45. The molecule has 0 rings (SSSR count). The van der Waals surface area contributed by atoms with Gasteiger partial charge < -0.3 is 28.8 Å². The molecule has 0 aliphatic heterocycles. The molecule has 0 spiro atoms. The number of allylic oxidation sites excluding steroid dienone is 25. The molecular formula is C73H123N2O6P. The highest BCUT2D eigenvalue weighted by Gasteiger charge is 2.23. The number of nitrogens with one attached hydrogen (secondary N) is 1. The van der Waals surface area contributed by atoms with E-state index in [4.69, 9.17) is 9.05 Å². The van der Waals surface area contributed by atoms with Gasteiger partial charge in [-0.2, -0.15) is 0 Å². The highest BCUT2D eigenvalue weighted by molar-refractivity contribution is 7.45. The molecule has 0 aliphatic carbocycles. The summed E-state index contributed by atoms with van der Waals surface area (Å²) in [6, 6.07) is -0.913. The number of hydrogen-bond acceptors (Lipinski definition) is 6. The Bertz CT molecular complexity index is 1890. The van der Waals surface area contributed by atoms with Crippen LogP contribution in [0.3, 0.4) is 0 Å². The first-order valence-electron chi connectivity index (χ1n) is 32.8. The molecule has 3 atom stereocenters. The fourth-order valence-corrected chi connectivity index (χ4v) is 9.39. The smallest absolute Gasteiger partial charge is 0.268 e. The van der Waals surface area contributed by atoms with Gasteiger partial charge in [0.1, 0.15) is 13.2 Å². The third kappa shape index (κ3) is 63.7. The second-order valence-corrected chi connectivity index (χ2v) is 24.1. The quantitative estimate of drug-likeness (QED) is 0.0272. The summed E-state index contributed by atoms with van der Waals surface area (Å²) >= 11 is 0. The number of aliphatic hydroxyl groups is 1. The van der Waals surface area contributed by atoms with Crippen LogP contribution in [-0.2, 0) is 18.4 Å². The summed E-state index contributed by atoms with van der Waals surface area (Å²) in [4.78, 5) is 25.6. The largest absolute Gasteiger partial charge is 0.756 e. The van der Waals surface area contributed by atoms with Crippen LogP contribution in [0.4, 0.5) is 0 Å². The van der Waals surface area contributed by atoms with Crippen molar-refractivity contribution in [1.82, 2.24) is 5.32 Å². The molecule has 0 fully saturated rings. The number of likely N-dealkylation sites (N-methyl/N-ethyl adjacent to an activating group) is 1. The zero-order valence-corrected chi connectivity index (χ0v) is 54.0. The zero-order valence-electron chi connectivity index (χ0n) is 53.1. The molecule has 0 aromatic rings. The Kier molecular flexibility index (Phi) is 58.8. The summed E-state index contributed by atoms with van der Waals surface area (Å²) in [6.07, 6.45) is 96.2. The van der Waals surface area contributed by atoms with Gasteiger partial charge in [-0.3, -0.25) is 9.36 Å². The van der Waals surface area contributed by atoms with Crippen LogP contribution in [-0.4, -0.2) is 68.5 Å². The summed E-state index contributed by atoms with van der Waals surface area (Å²) in [5.41, 5.74) is 0. The van der Waals surface area contributed by atoms with Crippen molar-refractivity contribution in [3.05, 3.63) is 158 Å². The Balaban J connectivity index is 4.22. The van der Waals surface area contributed by atoms with E-state index in [1.165, 1.54) is 96.3 Å². The molecule has 0 bridgehead atoms. The van der Waals surface area contributed by atoms with E-state index in [1.54, 1.807) is 6.08 Å². The van der Waals surface area contributed by atoms with Crippen molar-refractivity contribution in [3.8, 4) is 0 Å². The molecule has 0 heterocycles. The highest BCUT2D eigenvalue weighted by Crippen LogP contribution is 2.38. The van der Waals surface area contributed by atoms with Crippen LogP contribution in [0.2, 0.25) is 0 Å². The van der Waals surface area contributed by atoms with Crippen LogP contribution >= 0.6 is 7.82 Å². The fourth-order valence-electron chi connectivity index (χ4n) is 8.66. The minimum absolute atomic E-state index is 0.0142. The monoisotopic (exact) mass is 1150 g/mol. The Labute approximate surface area is 505 Å². The molecule has 0 aliphatic rings. The molecule has 82 heavy (non-hydrogen) atoms. The molecule has 2 N–H and O–H groups in total. The third-order valence-corrected chi connectivity index (χ3v) is 14.7. The van der Waals surface area contributed by atoms with Crippen molar-refractivity contribution in [1.29, 1.82) is 0 Å². The van der Waals surface area contributed by atoms with Crippen LogP contribution in [0.1, 0.15) is 245 Å². The predicted octanol–water partition coefficient (Wildman–Crippen LogP) is 20.4. The van der Waals surface area contributed by atoms with Gasteiger partial charge in [0, 0.05) is 6.42 Å². The minimum Gasteiger partial charge on any atom is -0.756 e. The summed E-state index contributed by atoms with van der Waals surface area (Å²) < 4.78 is 23.4. The van der Waals surface area contributed by atoms with Crippen LogP contribution in [0.15, 0.2) is 158 Å². The summed E-state index contributed by atoms with van der Waals surface area (Å²) in [5, 5.41) is 13.9. The summed E-state index contributed by atoms with van der Waals surface area (Å²) in [6.45, 7) is 4.51. The summed E-state index contributed by atoms with van der Waals surface area (Å²) in [5.74, 6) is -0.227. The molecule has 3 unspecified atom stereocenters. The standard InChI is InChI=1S/C73H123N2O6P/c1-6-8-10-12-14-16-18-20-22-24-26-27-28-29-30-31-32-33-34-35-36-37-38-39-40-41-42-43-44-45-46-47-49-51-53-55-57-59-61-63-65-67-73(77)74-71(70-81-82(78,79)80-69-68-75(3,4)5)72(76)66-64-62-60-58-56-54-52-50-48-25-23-21-19-17-15-13-11-9-7-2/h8,10,14,16,20,22,26-27,29-30,32-33,35-36,38-39,41-42,44-45,47,49,53,55,64,66,71-72,76H,6-7,9,11-13,15,17-19,21,23-25,28,31,34,37,40,43,46,48,50-52,54,56-63,65,67-70H2,1-5H3,(H-,74,77,78,79)/b10-8-,16-14-,22-20-,27-26-,30-29-,33-32-,36-35-,39-38-,42-41-,45-44-,49-47-,55-53-,66-64+. The van der Waals surface area contributed by atoms with Gasteiger partial charge in [-0.05, 0) is 109 Å². The number of unbranched alkanes of at least 4 members (excludes halogenated alkanes) is 21. The molecule has 0 saturated carbocycles. The number of nitrogens with zero attached hydrogens (tertiary/aromatic N) is 1. The number of amides is 1. The lowest BCUT2D eigenvalue weighted by Gasteiger charge is -2.29. The van der Waals surface area contributed by atoms with Gasteiger partial charge in [0.05, 0.1) is 39.9 Å². The number of phosphoric acid groups is 1. The first-order valence-corrected chi connectivity index (χ1v) is 34.3. The maximum atomic E-state index is 13.0. The molecule has 9 heteroatoms. The van der Waals surface area contributed by atoms with Gasteiger partial charge in [-0.1, -0.05) is 287 Å². The molecule has 0 radical (unpaired) electrons. The lowest BCUT2D eigenvalue weighted by molar-refractivity contribution is -0.870. The fraction of sp³-hybridized carbons (Fsp3) is 0.630. The predicted molar refractivity (Wildman–Crippen MR) is 357 cm³/mol. The van der Waals surface area contributed by atoms with E-state index in [9.17, 15) is 19.4 Å². The molecule has 0 saturated heterocycles. The number of quaternary nitrogens is 1. The second-order valence-electron chi connectivity index (χ2n) is 22.7. The van der Waals surface area contributed by atoms with Gasteiger partial charge in [-0.25, -0.2) is 0 Å². The third-order valence-electron chi connectivity index (χ3n) is 13.7. The maximum absolute atomic E-state index is 13.0. The zero-order chi connectivity index (χ0) is 59.8. The molecule has 466 valence electrons. The first-order chi connectivity index (χ1) is 40.0. The van der Waals surface area contributed by atoms with Gasteiger partial charge in [0.15, 0.2) is 0 Å². The van der Waals surface area contributed by atoms with E-state index >= 15 is 0 Å². The van der Waals surface area contributed by atoms with E-state index in [2.05, 4.69) is 165 Å². The number of phosphoric ester groups is 1. The highest BCUT2D eigenvalue weighted by atomic mass is 31.2. The van der Waals surface area contributed by atoms with Crippen molar-refractivity contribution in [3.63, 3.8) is 0 Å². The van der Waals surface area contributed by atoms with E-state index in [0.717, 1.165) is 128 Å². The number of hydrogen-bond donors (Lipinski definition) is 2.